The molecule has 0 radical (unpaired) electrons. The van der Waals surface area contributed by atoms with E-state index < -0.39 is 0 Å². The molecule has 1 heterocycles. The van der Waals surface area contributed by atoms with Crippen LogP contribution in [-0.2, 0) is 0 Å². The summed E-state index contributed by atoms with van der Waals surface area (Å²) in [6, 6.07) is 6.21. The maximum atomic E-state index is 11.2. The Bertz CT molecular complexity index is 460. The first kappa shape index (κ1) is 12.0. The lowest BCUT2D eigenvalue weighted by molar-refractivity contribution is 0.112. The Morgan fingerprint density at radius 1 is 1.22 bits per heavy atom. The van der Waals surface area contributed by atoms with Crippen molar-refractivity contribution in [2.24, 2.45) is 5.92 Å². The minimum Gasteiger partial charge on any atom is -0.366 e. The second kappa shape index (κ2) is 4.93. The third-order valence-electron chi connectivity index (χ3n) is 4.43. The third kappa shape index (κ3) is 1.93. The Labute approximate surface area is 113 Å². The molecule has 0 spiro atoms. The zero-order chi connectivity index (χ0) is 12.5. The van der Waals surface area contributed by atoms with E-state index in [-0.39, 0.29) is 0 Å². The quantitative estimate of drug-likeness (QED) is 0.754. The van der Waals surface area contributed by atoms with E-state index in [1.165, 1.54) is 32.1 Å². The van der Waals surface area contributed by atoms with E-state index in [9.17, 15) is 4.79 Å². The average Bonchev–Trinajstić information content (AvgIpc) is 2.86. The number of anilines is 1. The van der Waals surface area contributed by atoms with Crippen molar-refractivity contribution >= 4 is 23.6 Å². The number of carbonyl (C=O) groups excluding carboxylic acids is 1. The molecule has 96 valence electrons. The van der Waals surface area contributed by atoms with Crippen molar-refractivity contribution in [1.29, 1.82) is 0 Å². The van der Waals surface area contributed by atoms with Gasteiger partial charge in [-0.2, -0.15) is 0 Å². The summed E-state index contributed by atoms with van der Waals surface area (Å²) in [4.78, 5) is 13.6. The van der Waals surface area contributed by atoms with Crippen LogP contribution in [0.15, 0.2) is 18.2 Å². The van der Waals surface area contributed by atoms with Crippen molar-refractivity contribution < 1.29 is 4.79 Å². The highest BCUT2D eigenvalue weighted by molar-refractivity contribution is 6.34. The van der Waals surface area contributed by atoms with Gasteiger partial charge >= 0.3 is 0 Å². The highest BCUT2D eigenvalue weighted by Crippen LogP contribution is 2.42. The zero-order valence-corrected chi connectivity index (χ0v) is 11.2. The van der Waals surface area contributed by atoms with E-state index in [1.54, 1.807) is 0 Å². The summed E-state index contributed by atoms with van der Waals surface area (Å²) in [6.07, 6.45) is 7.37. The molecular weight excluding hydrogens is 246 g/mol. The Morgan fingerprint density at radius 2 is 2.06 bits per heavy atom. The maximum absolute atomic E-state index is 11.2. The molecule has 1 aliphatic heterocycles. The van der Waals surface area contributed by atoms with Crippen molar-refractivity contribution in [1.82, 2.24) is 0 Å². The standard InChI is InChI=1S/C15H18ClNO/c16-13-7-1-5-12(10-18)15(13)17-9-3-6-11-4-2-8-14(11)17/h1,5,7,10-11,14H,2-4,6,8-9H2. The van der Waals surface area contributed by atoms with Crippen LogP contribution in [0.3, 0.4) is 0 Å². The maximum Gasteiger partial charge on any atom is 0.152 e. The molecule has 0 amide bonds. The minimum atomic E-state index is 0.595. The van der Waals surface area contributed by atoms with Gasteiger partial charge in [-0.25, -0.2) is 0 Å². The van der Waals surface area contributed by atoms with Crippen LogP contribution in [-0.4, -0.2) is 18.9 Å². The lowest BCUT2D eigenvalue weighted by Crippen LogP contribution is -2.43. The molecule has 0 aromatic heterocycles. The van der Waals surface area contributed by atoms with Crippen LogP contribution in [0.5, 0.6) is 0 Å². The first-order valence-corrected chi connectivity index (χ1v) is 7.19. The highest BCUT2D eigenvalue weighted by atomic mass is 35.5. The van der Waals surface area contributed by atoms with Crippen molar-refractivity contribution in [2.75, 3.05) is 11.4 Å². The van der Waals surface area contributed by atoms with Gasteiger partial charge in [0.25, 0.3) is 0 Å². The van der Waals surface area contributed by atoms with Crippen LogP contribution >= 0.6 is 11.6 Å². The SMILES string of the molecule is O=Cc1cccc(Cl)c1N1CCCC2CCCC21. The van der Waals surface area contributed by atoms with E-state index in [0.717, 1.165) is 30.0 Å². The topological polar surface area (TPSA) is 20.3 Å². The Morgan fingerprint density at radius 3 is 2.89 bits per heavy atom. The Hall–Kier alpha value is -1.02. The van der Waals surface area contributed by atoms with Gasteiger partial charge in [0, 0.05) is 18.2 Å². The Kier molecular flexibility index (Phi) is 3.29. The van der Waals surface area contributed by atoms with Crippen LogP contribution in [0.4, 0.5) is 5.69 Å². The number of hydrogen-bond acceptors (Lipinski definition) is 2. The number of nitrogens with zero attached hydrogens (tertiary/aromatic N) is 1. The normalized spacial score (nSPS) is 27.1. The van der Waals surface area contributed by atoms with Gasteiger partial charge in [0.15, 0.2) is 6.29 Å². The van der Waals surface area contributed by atoms with Crippen LogP contribution in [0, 0.1) is 5.92 Å². The summed E-state index contributed by atoms with van der Waals surface area (Å²) in [6.45, 7) is 1.03. The fourth-order valence-electron chi connectivity index (χ4n) is 3.66. The monoisotopic (exact) mass is 263 g/mol. The van der Waals surface area contributed by atoms with Crippen molar-refractivity contribution in [3.8, 4) is 0 Å². The number of halogens is 1. The molecule has 1 saturated heterocycles. The summed E-state index contributed by atoms with van der Waals surface area (Å²) in [5, 5.41) is 0.715. The summed E-state index contributed by atoms with van der Waals surface area (Å²) in [5.74, 6) is 0.800. The number of rotatable bonds is 2. The van der Waals surface area contributed by atoms with Crippen LogP contribution in [0.2, 0.25) is 5.02 Å². The molecule has 3 heteroatoms. The molecule has 2 unspecified atom stereocenters. The number of piperidine rings is 1. The summed E-state index contributed by atoms with van der Waals surface area (Å²) in [5.41, 5.74) is 1.70. The molecule has 1 saturated carbocycles. The lowest BCUT2D eigenvalue weighted by Gasteiger charge is -2.40. The zero-order valence-electron chi connectivity index (χ0n) is 10.4. The van der Waals surface area contributed by atoms with Gasteiger partial charge in [-0.1, -0.05) is 24.1 Å². The van der Waals surface area contributed by atoms with Gasteiger partial charge in [0.1, 0.15) is 0 Å². The van der Waals surface area contributed by atoms with Gasteiger partial charge in [-0.3, -0.25) is 4.79 Å². The molecule has 2 aliphatic rings. The molecule has 3 rings (SSSR count). The molecule has 1 aliphatic carbocycles. The van der Waals surface area contributed by atoms with Gasteiger partial charge in [0.2, 0.25) is 0 Å². The molecule has 2 atom stereocenters. The average molecular weight is 264 g/mol. The van der Waals surface area contributed by atoms with E-state index >= 15 is 0 Å². The number of para-hydroxylation sites is 1. The predicted molar refractivity (Wildman–Crippen MR) is 74.5 cm³/mol. The first-order chi connectivity index (χ1) is 8.81. The largest absolute Gasteiger partial charge is 0.366 e. The molecule has 1 aromatic carbocycles. The van der Waals surface area contributed by atoms with Gasteiger partial charge in [-0.15, -0.1) is 0 Å². The molecule has 1 aromatic rings. The second-order valence-corrected chi connectivity index (χ2v) is 5.80. The molecule has 0 bridgehead atoms. The van der Waals surface area contributed by atoms with E-state index in [0.29, 0.717) is 11.1 Å². The molecule has 2 nitrogen and oxygen atoms in total. The van der Waals surface area contributed by atoms with Gasteiger partial charge in [-0.05, 0) is 43.7 Å². The summed E-state index contributed by atoms with van der Waals surface area (Å²) in [7, 11) is 0. The summed E-state index contributed by atoms with van der Waals surface area (Å²) >= 11 is 6.33. The number of fused-ring (bicyclic) bond motifs is 1. The van der Waals surface area contributed by atoms with Crippen LogP contribution in [0.25, 0.3) is 0 Å². The van der Waals surface area contributed by atoms with Crippen LogP contribution < -0.4 is 4.90 Å². The summed E-state index contributed by atoms with van der Waals surface area (Å²) < 4.78 is 0. The smallest absolute Gasteiger partial charge is 0.152 e. The van der Waals surface area contributed by atoms with Gasteiger partial charge in [0.05, 0.1) is 10.7 Å². The molecule has 0 N–H and O–H groups in total. The van der Waals surface area contributed by atoms with E-state index in [1.807, 2.05) is 18.2 Å². The fraction of sp³-hybridized carbons (Fsp3) is 0.533. The third-order valence-corrected chi connectivity index (χ3v) is 4.73. The fourth-order valence-corrected chi connectivity index (χ4v) is 3.95. The predicted octanol–water partition coefficient (Wildman–Crippen LogP) is 3.92. The van der Waals surface area contributed by atoms with Crippen molar-refractivity contribution in [3.63, 3.8) is 0 Å². The number of carbonyl (C=O) groups is 1. The minimum absolute atomic E-state index is 0.595. The lowest BCUT2D eigenvalue weighted by atomic mass is 9.91. The van der Waals surface area contributed by atoms with E-state index in [2.05, 4.69) is 4.90 Å². The number of hydrogen-bond donors (Lipinski definition) is 0. The molecule has 2 fully saturated rings. The van der Waals surface area contributed by atoms with Crippen molar-refractivity contribution in [2.45, 2.75) is 38.1 Å². The van der Waals surface area contributed by atoms with Crippen LogP contribution in [0.1, 0.15) is 42.5 Å². The second-order valence-electron chi connectivity index (χ2n) is 5.39. The van der Waals surface area contributed by atoms with Gasteiger partial charge < -0.3 is 4.90 Å². The molecule has 18 heavy (non-hydrogen) atoms. The van der Waals surface area contributed by atoms with E-state index in [4.69, 9.17) is 11.6 Å². The Balaban J connectivity index is 2.00. The molecular formula is C15H18ClNO. The van der Waals surface area contributed by atoms with Crippen molar-refractivity contribution in [3.05, 3.63) is 28.8 Å². The number of benzene rings is 1. The first-order valence-electron chi connectivity index (χ1n) is 6.81. The highest BCUT2D eigenvalue weighted by Gasteiger charge is 2.36. The number of aldehydes is 1.